The van der Waals surface area contributed by atoms with Crippen molar-refractivity contribution in [1.82, 2.24) is 0 Å². The van der Waals surface area contributed by atoms with Crippen LogP contribution in [0.3, 0.4) is 0 Å². The number of rotatable bonds is 5. The highest BCUT2D eigenvalue weighted by Crippen LogP contribution is 2.26. The van der Waals surface area contributed by atoms with Crippen molar-refractivity contribution in [2.24, 2.45) is 0 Å². The Labute approximate surface area is 123 Å². The van der Waals surface area contributed by atoms with Crippen molar-refractivity contribution < 1.29 is 19.4 Å². The predicted octanol–water partition coefficient (Wildman–Crippen LogP) is 2.80. The summed E-state index contributed by atoms with van der Waals surface area (Å²) in [5, 5.41) is 12.9. The fourth-order valence-electron chi connectivity index (χ4n) is 1.92. The van der Waals surface area contributed by atoms with Gasteiger partial charge in [-0.25, -0.2) is 4.79 Å². The molecule has 21 heavy (non-hydrogen) atoms. The van der Waals surface area contributed by atoms with E-state index in [-0.39, 0.29) is 11.7 Å². The number of hydrogen-bond acceptors (Lipinski definition) is 5. The molecule has 2 aromatic carbocycles. The molecular weight excluding hydrogens is 270 g/mol. The summed E-state index contributed by atoms with van der Waals surface area (Å²) in [5.41, 5.74) is 2.19. The second-order valence-corrected chi connectivity index (χ2v) is 4.43. The molecule has 2 aromatic rings. The minimum absolute atomic E-state index is 0.0973. The van der Waals surface area contributed by atoms with Crippen molar-refractivity contribution in [1.29, 1.82) is 0 Å². The Hall–Kier alpha value is -2.69. The van der Waals surface area contributed by atoms with Crippen molar-refractivity contribution in [3.05, 3.63) is 53.6 Å². The standard InChI is InChI=1S/C16H17NO4/c1-20-15-7-6-11(8-14(15)18)10-17-13-5-3-4-12(9-13)16(19)21-2/h3-9,17-18H,10H2,1-2H3. The van der Waals surface area contributed by atoms with E-state index in [9.17, 15) is 9.90 Å². The lowest BCUT2D eigenvalue weighted by Crippen LogP contribution is -2.04. The summed E-state index contributed by atoms with van der Waals surface area (Å²) in [7, 11) is 2.86. The SMILES string of the molecule is COC(=O)c1cccc(NCc2ccc(OC)c(O)c2)c1. The number of esters is 1. The van der Waals surface area contributed by atoms with Gasteiger partial charge < -0.3 is 19.9 Å². The van der Waals surface area contributed by atoms with Crippen LogP contribution in [0.4, 0.5) is 5.69 Å². The number of carbonyl (C=O) groups excluding carboxylic acids is 1. The zero-order valence-corrected chi connectivity index (χ0v) is 11.9. The van der Waals surface area contributed by atoms with Crippen LogP contribution < -0.4 is 10.1 Å². The molecule has 2 rings (SSSR count). The van der Waals surface area contributed by atoms with Gasteiger partial charge in [0.25, 0.3) is 0 Å². The maximum absolute atomic E-state index is 11.5. The summed E-state index contributed by atoms with van der Waals surface area (Å²) in [6.07, 6.45) is 0. The summed E-state index contributed by atoms with van der Waals surface area (Å²) < 4.78 is 9.68. The van der Waals surface area contributed by atoms with Gasteiger partial charge in [-0.05, 0) is 35.9 Å². The molecule has 0 spiro atoms. The largest absolute Gasteiger partial charge is 0.504 e. The molecule has 5 nitrogen and oxygen atoms in total. The fourth-order valence-corrected chi connectivity index (χ4v) is 1.92. The maximum atomic E-state index is 11.5. The summed E-state index contributed by atoms with van der Waals surface area (Å²) in [6.45, 7) is 0.516. The van der Waals surface area contributed by atoms with Crippen LogP contribution in [-0.2, 0) is 11.3 Å². The molecule has 5 heteroatoms. The lowest BCUT2D eigenvalue weighted by molar-refractivity contribution is 0.0601. The summed E-state index contributed by atoms with van der Waals surface area (Å²) in [4.78, 5) is 11.5. The number of hydrogen-bond donors (Lipinski definition) is 2. The smallest absolute Gasteiger partial charge is 0.337 e. The Kier molecular flexibility index (Phi) is 4.66. The molecule has 0 saturated heterocycles. The molecule has 0 bridgehead atoms. The van der Waals surface area contributed by atoms with E-state index < -0.39 is 0 Å². The predicted molar refractivity (Wildman–Crippen MR) is 79.8 cm³/mol. The Bertz CT molecular complexity index is 640. The van der Waals surface area contributed by atoms with Crippen LogP contribution in [-0.4, -0.2) is 25.3 Å². The van der Waals surface area contributed by atoms with Crippen molar-refractivity contribution in [2.45, 2.75) is 6.54 Å². The molecule has 0 unspecified atom stereocenters. The van der Waals surface area contributed by atoms with Gasteiger partial charge in [-0.3, -0.25) is 0 Å². The third kappa shape index (κ3) is 3.66. The molecule has 0 aliphatic heterocycles. The highest BCUT2D eigenvalue weighted by atomic mass is 16.5. The molecule has 0 aliphatic rings. The van der Waals surface area contributed by atoms with E-state index >= 15 is 0 Å². The molecule has 0 aromatic heterocycles. The highest BCUT2D eigenvalue weighted by Gasteiger charge is 2.06. The topological polar surface area (TPSA) is 67.8 Å². The van der Waals surface area contributed by atoms with Crippen LogP contribution in [0, 0.1) is 0 Å². The first-order valence-electron chi connectivity index (χ1n) is 6.42. The number of anilines is 1. The van der Waals surface area contributed by atoms with E-state index in [0.29, 0.717) is 17.9 Å². The second kappa shape index (κ2) is 6.65. The molecule has 0 atom stereocenters. The first kappa shape index (κ1) is 14.7. The molecule has 110 valence electrons. The third-order valence-electron chi connectivity index (χ3n) is 3.02. The molecular formula is C16H17NO4. The lowest BCUT2D eigenvalue weighted by atomic mass is 10.1. The van der Waals surface area contributed by atoms with E-state index in [1.165, 1.54) is 14.2 Å². The Morgan fingerprint density at radius 3 is 2.67 bits per heavy atom. The number of nitrogens with one attached hydrogen (secondary N) is 1. The number of ether oxygens (including phenoxy) is 2. The van der Waals surface area contributed by atoms with E-state index in [1.54, 1.807) is 30.3 Å². The maximum Gasteiger partial charge on any atom is 0.337 e. The molecule has 0 fully saturated rings. The summed E-state index contributed by atoms with van der Waals surface area (Å²) in [6, 6.07) is 12.2. The molecule has 0 amide bonds. The Morgan fingerprint density at radius 2 is 2.00 bits per heavy atom. The van der Waals surface area contributed by atoms with Gasteiger partial charge in [-0.15, -0.1) is 0 Å². The van der Waals surface area contributed by atoms with Crippen LogP contribution >= 0.6 is 0 Å². The van der Waals surface area contributed by atoms with Gasteiger partial charge in [0.1, 0.15) is 0 Å². The normalized spacial score (nSPS) is 10.0. The van der Waals surface area contributed by atoms with Crippen LogP contribution in [0.15, 0.2) is 42.5 Å². The minimum Gasteiger partial charge on any atom is -0.504 e. The number of phenols is 1. The summed E-state index contributed by atoms with van der Waals surface area (Å²) >= 11 is 0. The van der Waals surface area contributed by atoms with E-state index in [0.717, 1.165) is 11.3 Å². The third-order valence-corrected chi connectivity index (χ3v) is 3.02. The van der Waals surface area contributed by atoms with E-state index in [4.69, 9.17) is 4.74 Å². The van der Waals surface area contributed by atoms with Gasteiger partial charge in [0, 0.05) is 12.2 Å². The molecule has 0 saturated carbocycles. The molecule has 0 radical (unpaired) electrons. The van der Waals surface area contributed by atoms with E-state index in [1.807, 2.05) is 12.1 Å². The van der Waals surface area contributed by atoms with Gasteiger partial charge in [0.05, 0.1) is 19.8 Å². The Morgan fingerprint density at radius 1 is 1.19 bits per heavy atom. The minimum atomic E-state index is -0.374. The average molecular weight is 287 g/mol. The quantitative estimate of drug-likeness (QED) is 0.828. The molecule has 2 N–H and O–H groups in total. The van der Waals surface area contributed by atoms with Crippen LogP contribution in [0.2, 0.25) is 0 Å². The first-order chi connectivity index (χ1) is 10.1. The van der Waals surface area contributed by atoms with Crippen LogP contribution in [0.25, 0.3) is 0 Å². The average Bonchev–Trinajstić information content (AvgIpc) is 2.52. The number of aromatic hydroxyl groups is 1. The second-order valence-electron chi connectivity index (χ2n) is 4.43. The van der Waals surface area contributed by atoms with Gasteiger partial charge in [-0.2, -0.15) is 0 Å². The van der Waals surface area contributed by atoms with Crippen molar-refractivity contribution >= 4 is 11.7 Å². The molecule has 0 heterocycles. The van der Waals surface area contributed by atoms with Crippen LogP contribution in [0.1, 0.15) is 15.9 Å². The summed E-state index contributed by atoms with van der Waals surface area (Å²) in [5.74, 6) is 0.160. The highest BCUT2D eigenvalue weighted by molar-refractivity contribution is 5.90. The molecule has 0 aliphatic carbocycles. The van der Waals surface area contributed by atoms with Crippen molar-refractivity contribution in [3.63, 3.8) is 0 Å². The number of carbonyl (C=O) groups is 1. The van der Waals surface area contributed by atoms with Crippen molar-refractivity contribution in [2.75, 3.05) is 19.5 Å². The number of methoxy groups -OCH3 is 2. The van der Waals surface area contributed by atoms with Gasteiger partial charge in [0.15, 0.2) is 11.5 Å². The first-order valence-corrected chi connectivity index (χ1v) is 6.42. The number of phenolic OH excluding ortho intramolecular Hbond substituents is 1. The zero-order valence-electron chi connectivity index (χ0n) is 11.9. The van der Waals surface area contributed by atoms with Crippen LogP contribution in [0.5, 0.6) is 11.5 Å². The Balaban J connectivity index is 2.06. The van der Waals surface area contributed by atoms with Gasteiger partial charge in [-0.1, -0.05) is 12.1 Å². The van der Waals surface area contributed by atoms with E-state index in [2.05, 4.69) is 10.1 Å². The van der Waals surface area contributed by atoms with Crippen molar-refractivity contribution in [3.8, 4) is 11.5 Å². The zero-order chi connectivity index (χ0) is 15.2. The van der Waals surface area contributed by atoms with Gasteiger partial charge >= 0.3 is 5.97 Å². The van der Waals surface area contributed by atoms with Gasteiger partial charge in [0.2, 0.25) is 0 Å². The monoisotopic (exact) mass is 287 g/mol. The number of benzene rings is 2. The fraction of sp³-hybridized carbons (Fsp3) is 0.188. The lowest BCUT2D eigenvalue weighted by Gasteiger charge is -2.09.